The van der Waals surface area contributed by atoms with Gasteiger partial charge in [-0.3, -0.25) is 4.99 Å². The second-order valence-electron chi connectivity index (χ2n) is 4.92. The van der Waals surface area contributed by atoms with Crippen molar-refractivity contribution in [2.75, 3.05) is 0 Å². The van der Waals surface area contributed by atoms with Crippen molar-refractivity contribution < 1.29 is 0 Å². The van der Waals surface area contributed by atoms with Gasteiger partial charge in [0.05, 0.1) is 17.6 Å². The number of rotatable bonds is 4. The molecule has 2 heteroatoms. The summed E-state index contributed by atoms with van der Waals surface area (Å²) in [5, 5.41) is 0. The van der Waals surface area contributed by atoms with Crippen LogP contribution < -0.4 is 0 Å². The number of benzene rings is 2. The van der Waals surface area contributed by atoms with Crippen LogP contribution in [0.3, 0.4) is 0 Å². The van der Waals surface area contributed by atoms with Crippen LogP contribution in [0.25, 0.3) is 5.69 Å². The maximum absolute atomic E-state index is 4.56. The zero-order chi connectivity index (χ0) is 14.5. The standard InChI is InChI=1S/C19H18N2/c1-2-16-10-12-17(13-11-16)20-15-19-9-6-14-21(19)18-7-4-3-5-8-18/h3-15H,2H2,1H3. The average molecular weight is 274 g/mol. The Kier molecular flexibility index (Phi) is 3.97. The van der Waals surface area contributed by atoms with Gasteiger partial charge in [-0.2, -0.15) is 0 Å². The molecule has 2 nitrogen and oxygen atoms in total. The molecule has 3 aromatic rings. The van der Waals surface area contributed by atoms with Gasteiger partial charge in [0.25, 0.3) is 0 Å². The second-order valence-corrected chi connectivity index (χ2v) is 4.92. The summed E-state index contributed by atoms with van der Waals surface area (Å²) >= 11 is 0. The zero-order valence-electron chi connectivity index (χ0n) is 12.1. The molecule has 0 fully saturated rings. The van der Waals surface area contributed by atoms with Gasteiger partial charge in [-0.05, 0) is 48.4 Å². The van der Waals surface area contributed by atoms with Gasteiger partial charge in [0.15, 0.2) is 0 Å². The van der Waals surface area contributed by atoms with E-state index in [1.54, 1.807) is 0 Å². The van der Waals surface area contributed by atoms with Crippen LogP contribution in [0.4, 0.5) is 5.69 Å². The molecule has 0 radical (unpaired) electrons. The van der Waals surface area contributed by atoms with E-state index in [4.69, 9.17) is 0 Å². The molecule has 0 bridgehead atoms. The number of aromatic nitrogens is 1. The molecule has 2 aromatic carbocycles. The highest BCUT2D eigenvalue weighted by molar-refractivity contribution is 5.81. The average Bonchev–Trinajstić information content (AvgIpc) is 3.03. The van der Waals surface area contributed by atoms with Gasteiger partial charge < -0.3 is 4.57 Å². The van der Waals surface area contributed by atoms with Gasteiger partial charge in [0.2, 0.25) is 0 Å². The zero-order valence-corrected chi connectivity index (χ0v) is 12.1. The van der Waals surface area contributed by atoms with E-state index in [-0.39, 0.29) is 0 Å². The molecular formula is C19H18N2. The molecule has 3 rings (SSSR count). The van der Waals surface area contributed by atoms with E-state index in [9.17, 15) is 0 Å². The lowest BCUT2D eigenvalue weighted by Crippen LogP contribution is -1.97. The predicted molar refractivity (Wildman–Crippen MR) is 88.8 cm³/mol. The summed E-state index contributed by atoms with van der Waals surface area (Å²) in [5.74, 6) is 0. The maximum atomic E-state index is 4.56. The summed E-state index contributed by atoms with van der Waals surface area (Å²) in [6, 6.07) is 22.8. The number of aryl methyl sites for hydroxylation is 1. The molecule has 1 heterocycles. The minimum Gasteiger partial charge on any atom is -0.316 e. The summed E-state index contributed by atoms with van der Waals surface area (Å²) in [7, 11) is 0. The van der Waals surface area contributed by atoms with Crippen molar-refractivity contribution in [3.8, 4) is 5.69 Å². The maximum Gasteiger partial charge on any atom is 0.0639 e. The summed E-state index contributed by atoms with van der Waals surface area (Å²) in [6.07, 6.45) is 5.02. The van der Waals surface area contributed by atoms with Gasteiger partial charge in [-0.25, -0.2) is 0 Å². The van der Waals surface area contributed by atoms with E-state index in [1.165, 1.54) is 5.56 Å². The summed E-state index contributed by atoms with van der Waals surface area (Å²) in [4.78, 5) is 4.56. The van der Waals surface area contributed by atoms with Crippen molar-refractivity contribution in [2.45, 2.75) is 13.3 Å². The molecule has 21 heavy (non-hydrogen) atoms. The molecule has 1 aromatic heterocycles. The van der Waals surface area contributed by atoms with E-state index in [1.807, 2.05) is 30.5 Å². The number of hydrogen-bond donors (Lipinski definition) is 0. The van der Waals surface area contributed by atoms with E-state index in [0.29, 0.717) is 0 Å². The van der Waals surface area contributed by atoms with Crippen molar-refractivity contribution in [1.82, 2.24) is 4.57 Å². The number of aliphatic imine (C=N–C) groups is 1. The lowest BCUT2D eigenvalue weighted by molar-refractivity contribution is 1.07. The Morgan fingerprint density at radius 2 is 1.67 bits per heavy atom. The van der Waals surface area contributed by atoms with Crippen molar-refractivity contribution >= 4 is 11.9 Å². The third kappa shape index (κ3) is 3.11. The summed E-state index contributed by atoms with van der Waals surface area (Å²) < 4.78 is 2.13. The highest BCUT2D eigenvalue weighted by Crippen LogP contribution is 2.15. The largest absolute Gasteiger partial charge is 0.316 e. The lowest BCUT2D eigenvalue weighted by Gasteiger charge is -2.05. The first kappa shape index (κ1) is 13.4. The van der Waals surface area contributed by atoms with Crippen molar-refractivity contribution in [3.63, 3.8) is 0 Å². The van der Waals surface area contributed by atoms with Gasteiger partial charge in [0, 0.05) is 11.9 Å². The molecular weight excluding hydrogens is 256 g/mol. The molecule has 0 aliphatic heterocycles. The van der Waals surface area contributed by atoms with Gasteiger partial charge in [-0.15, -0.1) is 0 Å². The molecule has 0 unspecified atom stereocenters. The van der Waals surface area contributed by atoms with Crippen LogP contribution in [0, 0.1) is 0 Å². The highest BCUT2D eigenvalue weighted by Gasteiger charge is 2.00. The Hall–Kier alpha value is -2.61. The molecule has 0 aliphatic rings. The van der Waals surface area contributed by atoms with E-state index in [0.717, 1.165) is 23.5 Å². The van der Waals surface area contributed by atoms with Crippen LogP contribution in [0.1, 0.15) is 18.2 Å². The molecule has 0 atom stereocenters. The van der Waals surface area contributed by atoms with E-state index in [2.05, 4.69) is 65.1 Å². The van der Waals surface area contributed by atoms with Crippen LogP contribution in [0.15, 0.2) is 77.9 Å². The first-order chi connectivity index (χ1) is 10.4. The van der Waals surface area contributed by atoms with Crippen molar-refractivity contribution in [3.05, 3.63) is 84.2 Å². The summed E-state index contributed by atoms with van der Waals surface area (Å²) in [6.45, 7) is 2.16. The second kappa shape index (κ2) is 6.23. The monoisotopic (exact) mass is 274 g/mol. The topological polar surface area (TPSA) is 17.3 Å². The van der Waals surface area contributed by atoms with Crippen LogP contribution in [0.5, 0.6) is 0 Å². The Bertz CT molecular complexity index is 722. The fourth-order valence-electron chi connectivity index (χ4n) is 2.28. The molecule has 0 N–H and O–H groups in total. The van der Waals surface area contributed by atoms with Gasteiger partial charge >= 0.3 is 0 Å². The third-order valence-electron chi connectivity index (χ3n) is 3.51. The number of nitrogens with zero attached hydrogens (tertiary/aromatic N) is 2. The quantitative estimate of drug-likeness (QED) is 0.609. The van der Waals surface area contributed by atoms with Crippen molar-refractivity contribution in [1.29, 1.82) is 0 Å². The van der Waals surface area contributed by atoms with Crippen molar-refractivity contribution in [2.24, 2.45) is 4.99 Å². The summed E-state index contributed by atoms with van der Waals surface area (Å²) in [5.41, 5.74) is 4.53. The Balaban J connectivity index is 1.85. The normalized spacial score (nSPS) is 11.1. The first-order valence-corrected chi connectivity index (χ1v) is 7.22. The number of para-hydroxylation sites is 1. The molecule has 0 amide bonds. The Morgan fingerprint density at radius 1 is 0.905 bits per heavy atom. The lowest BCUT2D eigenvalue weighted by atomic mass is 10.1. The SMILES string of the molecule is CCc1ccc(N=Cc2cccn2-c2ccccc2)cc1. The molecule has 0 saturated carbocycles. The van der Waals surface area contributed by atoms with Crippen LogP contribution in [0.2, 0.25) is 0 Å². The Morgan fingerprint density at radius 3 is 2.38 bits per heavy atom. The highest BCUT2D eigenvalue weighted by atomic mass is 15.0. The Labute approximate surface area is 125 Å². The molecule has 0 aliphatic carbocycles. The predicted octanol–water partition coefficient (Wildman–Crippen LogP) is 4.79. The minimum absolute atomic E-state index is 0.980. The molecule has 0 saturated heterocycles. The fraction of sp³-hybridized carbons (Fsp3) is 0.105. The molecule has 0 spiro atoms. The van der Waals surface area contributed by atoms with Crippen LogP contribution in [-0.2, 0) is 6.42 Å². The van der Waals surface area contributed by atoms with Crippen LogP contribution in [-0.4, -0.2) is 10.8 Å². The van der Waals surface area contributed by atoms with Gasteiger partial charge in [0.1, 0.15) is 0 Å². The van der Waals surface area contributed by atoms with Crippen LogP contribution >= 0.6 is 0 Å². The van der Waals surface area contributed by atoms with E-state index >= 15 is 0 Å². The van der Waals surface area contributed by atoms with Gasteiger partial charge in [-0.1, -0.05) is 37.3 Å². The minimum atomic E-state index is 0.980. The third-order valence-corrected chi connectivity index (χ3v) is 3.51. The number of hydrogen-bond acceptors (Lipinski definition) is 1. The first-order valence-electron chi connectivity index (χ1n) is 7.22. The fourth-order valence-corrected chi connectivity index (χ4v) is 2.28. The molecule has 104 valence electrons. The smallest absolute Gasteiger partial charge is 0.0639 e. The van der Waals surface area contributed by atoms with E-state index < -0.39 is 0 Å².